The van der Waals surface area contributed by atoms with Gasteiger partial charge in [0, 0.05) is 17.8 Å². The normalized spacial score (nSPS) is 11.1. The number of ether oxygens (including phenoxy) is 1. The van der Waals surface area contributed by atoms with Crippen LogP contribution in [0.5, 0.6) is 0 Å². The summed E-state index contributed by atoms with van der Waals surface area (Å²) < 4.78 is 40.7. The van der Waals surface area contributed by atoms with Crippen molar-refractivity contribution in [3.8, 4) is 0 Å². The van der Waals surface area contributed by atoms with Crippen molar-refractivity contribution in [2.24, 2.45) is 5.73 Å². The van der Waals surface area contributed by atoms with E-state index in [9.17, 15) is 22.8 Å². The van der Waals surface area contributed by atoms with Crippen LogP contribution in [-0.4, -0.2) is 24.7 Å². The number of hydrogen-bond acceptors (Lipinski definition) is 3. The zero-order valence-electron chi connectivity index (χ0n) is 14.2. The molecule has 0 aliphatic carbocycles. The molecule has 2 aromatic rings. The highest BCUT2D eigenvalue weighted by Crippen LogP contribution is 2.16. The Labute approximate surface area is 153 Å². The lowest BCUT2D eigenvalue weighted by molar-refractivity contribution is -0.176. The van der Waals surface area contributed by atoms with E-state index in [1.54, 1.807) is 48.5 Å². The van der Waals surface area contributed by atoms with Crippen molar-refractivity contribution in [3.05, 3.63) is 65.2 Å². The Morgan fingerprint density at radius 1 is 0.963 bits per heavy atom. The highest BCUT2D eigenvalue weighted by Gasteiger charge is 2.27. The first kappa shape index (κ1) is 20.2. The first-order valence-electron chi connectivity index (χ1n) is 7.90. The van der Waals surface area contributed by atoms with Gasteiger partial charge in [0.25, 0.3) is 5.91 Å². The van der Waals surface area contributed by atoms with E-state index in [1.165, 1.54) is 0 Å². The Hall–Kier alpha value is -3.07. The van der Waals surface area contributed by atoms with Gasteiger partial charge in [0.15, 0.2) is 0 Å². The van der Waals surface area contributed by atoms with Gasteiger partial charge in [-0.15, -0.1) is 0 Å². The number of carbonyl (C=O) groups excluding carboxylic acids is 2. The summed E-state index contributed by atoms with van der Waals surface area (Å²) in [6, 6.07) is 12.2. The number of primary amides is 1. The largest absolute Gasteiger partial charge is 0.411 e. The van der Waals surface area contributed by atoms with Crippen LogP contribution in [0, 0.1) is 0 Å². The molecule has 0 aliphatic heterocycles. The number of alkyl halides is 3. The fraction of sp³-hybridized carbons (Fsp3) is 0.222. The number of amides is 3. The lowest BCUT2D eigenvalue weighted by Crippen LogP contribution is -2.23. The van der Waals surface area contributed by atoms with E-state index in [2.05, 4.69) is 15.4 Å². The number of nitrogens with one attached hydrogen (secondary N) is 2. The van der Waals surface area contributed by atoms with E-state index >= 15 is 0 Å². The van der Waals surface area contributed by atoms with Gasteiger partial charge < -0.3 is 21.1 Å². The minimum Gasteiger partial charge on any atom is -0.367 e. The topological polar surface area (TPSA) is 93.5 Å². The summed E-state index contributed by atoms with van der Waals surface area (Å²) in [5, 5.41) is 5.12. The molecular formula is C18H18F3N3O3. The van der Waals surface area contributed by atoms with Gasteiger partial charge in [0.1, 0.15) is 6.61 Å². The third kappa shape index (κ3) is 7.37. The first-order valence-corrected chi connectivity index (χ1v) is 7.90. The minimum absolute atomic E-state index is 0.141. The van der Waals surface area contributed by atoms with Crippen LogP contribution in [0.1, 0.15) is 21.5 Å². The van der Waals surface area contributed by atoms with Crippen molar-refractivity contribution < 1.29 is 27.5 Å². The molecule has 3 amide bonds. The van der Waals surface area contributed by atoms with Gasteiger partial charge in [-0.1, -0.05) is 24.3 Å². The number of nitrogens with two attached hydrogens (primary N) is 1. The molecule has 27 heavy (non-hydrogen) atoms. The number of carbonyl (C=O) groups is 2. The Morgan fingerprint density at radius 3 is 2.11 bits per heavy atom. The SMILES string of the molecule is NC(=O)Nc1ccc(C(=O)NCc2ccc(COCC(F)(F)F)cc2)cc1. The van der Waals surface area contributed by atoms with E-state index < -0.39 is 18.8 Å². The molecule has 0 aromatic heterocycles. The monoisotopic (exact) mass is 381 g/mol. The summed E-state index contributed by atoms with van der Waals surface area (Å²) in [5.41, 5.74) is 7.27. The molecule has 144 valence electrons. The van der Waals surface area contributed by atoms with E-state index in [1.807, 2.05) is 0 Å². The first-order chi connectivity index (χ1) is 12.7. The summed E-state index contributed by atoms with van der Waals surface area (Å²) in [6.45, 7) is -1.18. The zero-order chi connectivity index (χ0) is 19.9. The molecule has 0 saturated carbocycles. The van der Waals surface area contributed by atoms with Gasteiger partial charge in [-0.05, 0) is 35.4 Å². The number of anilines is 1. The molecule has 0 fully saturated rings. The molecule has 0 spiro atoms. The van der Waals surface area contributed by atoms with Crippen LogP contribution in [0.3, 0.4) is 0 Å². The van der Waals surface area contributed by atoms with E-state index in [4.69, 9.17) is 5.73 Å². The standard InChI is InChI=1S/C18H18F3N3O3/c19-18(20,21)11-27-10-13-3-1-12(2-4-13)9-23-16(25)14-5-7-15(8-6-14)24-17(22)26/h1-8H,9-11H2,(H,23,25)(H3,22,24,26). The fourth-order valence-corrected chi connectivity index (χ4v) is 2.17. The van der Waals surface area contributed by atoms with Crippen LogP contribution >= 0.6 is 0 Å². The van der Waals surface area contributed by atoms with Gasteiger partial charge in [0.05, 0.1) is 6.61 Å². The summed E-state index contributed by atoms with van der Waals surface area (Å²) >= 11 is 0. The quantitative estimate of drug-likeness (QED) is 0.688. The predicted molar refractivity (Wildman–Crippen MR) is 93.0 cm³/mol. The Bertz CT molecular complexity index is 775. The van der Waals surface area contributed by atoms with Gasteiger partial charge in [0.2, 0.25) is 0 Å². The maximum Gasteiger partial charge on any atom is 0.411 e. The second-order valence-corrected chi connectivity index (χ2v) is 5.67. The summed E-state index contributed by atoms with van der Waals surface area (Å²) in [5.74, 6) is -0.307. The predicted octanol–water partition coefficient (Wildman–Crippen LogP) is 3.19. The molecule has 2 rings (SSSR count). The number of halogens is 3. The average molecular weight is 381 g/mol. The molecule has 0 radical (unpaired) electrons. The molecule has 4 N–H and O–H groups in total. The van der Waals surface area contributed by atoms with Gasteiger partial charge in [-0.3, -0.25) is 4.79 Å². The van der Waals surface area contributed by atoms with Gasteiger partial charge in [-0.2, -0.15) is 13.2 Å². The molecular weight excluding hydrogens is 363 g/mol. The number of rotatable bonds is 7. The van der Waals surface area contributed by atoms with E-state index in [-0.39, 0.29) is 19.1 Å². The van der Waals surface area contributed by atoms with Crippen LogP contribution in [-0.2, 0) is 17.9 Å². The second-order valence-electron chi connectivity index (χ2n) is 5.67. The Balaban J connectivity index is 1.81. The van der Waals surface area contributed by atoms with Crippen LogP contribution in [0.15, 0.2) is 48.5 Å². The smallest absolute Gasteiger partial charge is 0.367 e. The molecule has 6 nitrogen and oxygen atoms in total. The van der Waals surface area contributed by atoms with Crippen LogP contribution in [0.25, 0.3) is 0 Å². The molecule has 0 heterocycles. The van der Waals surface area contributed by atoms with Crippen molar-refractivity contribution >= 4 is 17.6 Å². The minimum atomic E-state index is -4.35. The van der Waals surface area contributed by atoms with Crippen LogP contribution in [0.2, 0.25) is 0 Å². The highest BCUT2D eigenvalue weighted by atomic mass is 19.4. The number of benzene rings is 2. The van der Waals surface area contributed by atoms with Crippen molar-refractivity contribution in [3.63, 3.8) is 0 Å². The molecule has 9 heteroatoms. The van der Waals surface area contributed by atoms with Gasteiger partial charge >= 0.3 is 12.2 Å². The van der Waals surface area contributed by atoms with Crippen molar-refractivity contribution in [1.82, 2.24) is 5.32 Å². The number of urea groups is 1. The maximum atomic E-state index is 12.1. The second kappa shape index (κ2) is 9.04. The fourth-order valence-electron chi connectivity index (χ4n) is 2.17. The lowest BCUT2D eigenvalue weighted by atomic mass is 10.1. The highest BCUT2D eigenvalue weighted by molar-refractivity contribution is 5.95. The van der Waals surface area contributed by atoms with Crippen LogP contribution < -0.4 is 16.4 Å². The third-order valence-corrected chi connectivity index (χ3v) is 3.43. The summed E-state index contributed by atoms with van der Waals surface area (Å²) in [7, 11) is 0. The van der Waals surface area contributed by atoms with Gasteiger partial charge in [-0.25, -0.2) is 4.79 Å². The third-order valence-electron chi connectivity index (χ3n) is 3.43. The summed E-state index contributed by atoms with van der Waals surface area (Å²) in [6.07, 6.45) is -4.35. The molecule has 0 unspecified atom stereocenters. The molecule has 0 saturated heterocycles. The van der Waals surface area contributed by atoms with E-state index in [0.29, 0.717) is 16.8 Å². The molecule has 0 aliphatic rings. The number of hydrogen-bond donors (Lipinski definition) is 3. The zero-order valence-corrected chi connectivity index (χ0v) is 14.2. The molecule has 2 aromatic carbocycles. The average Bonchev–Trinajstić information content (AvgIpc) is 2.60. The lowest BCUT2D eigenvalue weighted by Gasteiger charge is -2.09. The molecule has 0 bridgehead atoms. The van der Waals surface area contributed by atoms with Crippen LogP contribution in [0.4, 0.5) is 23.7 Å². The van der Waals surface area contributed by atoms with Crippen molar-refractivity contribution in [1.29, 1.82) is 0 Å². The Morgan fingerprint density at radius 2 is 1.56 bits per heavy atom. The Kier molecular flexibility index (Phi) is 6.78. The maximum absolute atomic E-state index is 12.1. The van der Waals surface area contributed by atoms with E-state index in [0.717, 1.165) is 5.56 Å². The van der Waals surface area contributed by atoms with Crippen molar-refractivity contribution in [2.75, 3.05) is 11.9 Å². The molecule has 0 atom stereocenters. The van der Waals surface area contributed by atoms with Crippen molar-refractivity contribution in [2.45, 2.75) is 19.3 Å². The summed E-state index contributed by atoms with van der Waals surface area (Å²) in [4.78, 5) is 22.9.